The number of amides is 1. The number of fused-ring (bicyclic) bond motifs is 1. The van der Waals surface area contributed by atoms with Crippen LogP contribution in [0.4, 0.5) is 0 Å². The van der Waals surface area contributed by atoms with Crippen molar-refractivity contribution in [3.05, 3.63) is 30.0 Å². The number of carbonyl (C=O) groups is 1. The average Bonchev–Trinajstić information content (AvgIpc) is 2.99. The molecule has 1 heterocycles. The quantitative estimate of drug-likeness (QED) is 0.748. The molecule has 6 heteroatoms. The molecule has 0 aliphatic heterocycles. The van der Waals surface area contributed by atoms with Gasteiger partial charge in [0.15, 0.2) is 5.69 Å². The molecule has 1 aromatic carbocycles. The molecule has 0 radical (unpaired) electrons. The Morgan fingerprint density at radius 2 is 2.04 bits per heavy atom. The molecule has 136 valence electrons. The topological polar surface area (TPSA) is 87.4 Å². The van der Waals surface area contributed by atoms with Crippen molar-refractivity contribution in [3.63, 3.8) is 0 Å². The summed E-state index contributed by atoms with van der Waals surface area (Å²) in [5.74, 6) is 0.245. The summed E-state index contributed by atoms with van der Waals surface area (Å²) in [6, 6.07) is 7.03. The molecule has 1 aliphatic carbocycles. The van der Waals surface area contributed by atoms with E-state index >= 15 is 0 Å². The zero-order valence-electron chi connectivity index (χ0n) is 14.7. The second-order valence-electron chi connectivity index (χ2n) is 7.06. The summed E-state index contributed by atoms with van der Waals surface area (Å²) >= 11 is 0. The summed E-state index contributed by atoms with van der Waals surface area (Å²) < 4.78 is 1.94. The van der Waals surface area contributed by atoms with Gasteiger partial charge in [0.25, 0.3) is 5.91 Å². The molecule has 25 heavy (non-hydrogen) atoms. The predicted molar refractivity (Wildman–Crippen MR) is 96.3 cm³/mol. The van der Waals surface area contributed by atoms with E-state index in [0.717, 1.165) is 17.4 Å². The molecule has 6 nitrogen and oxygen atoms in total. The van der Waals surface area contributed by atoms with Gasteiger partial charge in [-0.3, -0.25) is 9.48 Å². The molecule has 0 bridgehead atoms. The molecular formula is C19H27N3O3. The lowest BCUT2D eigenvalue weighted by molar-refractivity contribution is 0.0754. The molecule has 0 saturated heterocycles. The Morgan fingerprint density at radius 1 is 1.32 bits per heavy atom. The lowest BCUT2D eigenvalue weighted by atomic mass is 9.89. The first-order chi connectivity index (χ1) is 12.1. The Hall–Kier alpha value is -1.92. The van der Waals surface area contributed by atoms with Crippen LogP contribution < -0.4 is 5.32 Å². The van der Waals surface area contributed by atoms with Gasteiger partial charge in [-0.25, -0.2) is 0 Å². The molecule has 2 atom stereocenters. The third-order valence-corrected chi connectivity index (χ3v) is 5.12. The molecule has 2 aromatic rings. The van der Waals surface area contributed by atoms with Gasteiger partial charge in [-0.05, 0) is 31.7 Å². The normalized spacial score (nSPS) is 18.2. The van der Waals surface area contributed by atoms with E-state index < -0.39 is 12.1 Å². The fraction of sp³-hybridized carbons (Fsp3) is 0.579. The first kappa shape index (κ1) is 17.9. The van der Waals surface area contributed by atoms with Crippen molar-refractivity contribution in [3.8, 4) is 0 Å². The third-order valence-electron chi connectivity index (χ3n) is 5.12. The summed E-state index contributed by atoms with van der Waals surface area (Å²) in [4.78, 5) is 12.6. The van der Waals surface area contributed by atoms with E-state index in [2.05, 4.69) is 10.4 Å². The van der Waals surface area contributed by atoms with E-state index in [9.17, 15) is 15.0 Å². The minimum atomic E-state index is -0.829. The number of nitrogens with one attached hydrogen (secondary N) is 1. The average molecular weight is 345 g/mol. The predicted octanol–water partition coefficient (Wildman–Crippen LogP) is 2.09. The monoisotopic (exact) mass is 345 g/mol. The van der Waals surface area contributed by atoms with Crippen LogP contribution >= 0.6 is 0 Å². The van der Waals surface area contributed by atoms with E-state index in [0.29, 0.717) is 11.6 Å². The summed E-state index contributed by atoms with van der Waals surface area (Å²) in [5, 5.41) is 27.0. The van der Waals surface area contributed by atoms with Crippen molar-refractivity contribution in [2.75, 3.05) is 6.61 Å². The highest BCUT2D eigenvalue weighted by Crippen LogP contribution is 2.27. The van der Waals surface area contributed by atoms with Crippen LogP contribution in [0, 0.1) is 5.92 Å². The molecule has 1 aliphatic rings. The number of aromatic nitrogens is 2. The molecule has 3 N–H and O–H groups in total. The summed E-state index contributed by atoms with van der Waals surface area (Å²) in [6.45, 7) is 2.05. The zero-order chi connectivity index (χ0) is 17.8. The van der Waals surface area contributed by atoms with Gasteiger partial charge in [0.2, 0.25) is 0 Å². The standard InChI is InChI=1S/C19H27N3O3/c1-13(24)16(12-23)20-19(25)18-15-9-5-6-10-17(15)22(21-18)11-14-7-3-2-4-8-14/h5-6,9-10,13-14,16,23-24H,2-4,7-8,11-12H2,1H3,(H,20,25). The van der Waals surface area contributed by atoms with Gasteiger partial charge in [-0.1, -0.05) is 37.5 Å². The second-order valence-corrected chi connectivity index (χ2v) is 7.06. The number of nitrogens with zero attached hydrogens (tertiary/aromatic N) is 2. The molecular weight excluding hydrogens is 318 g/mol. The first-order valence-corrected chi connectivity index (χ1v) is 9.15. The molecule has 0 spiro atoms. The third kappa shape index (κ3) is 4.02. The van der Waals surface area contributed by atoms with E-state index in [1.54, 1.807) is 6.92 Å². The Bertz CT molecular complexity index is 720. The maximum Gasteiger partial charge on any atom is 0.272 e. The Kier molecular flexibility index (Phi) is 5.71. The number of benzene rings is 1. The van der Waals surface area contributed by atoms with Crippen molar-refractivity contribution in [1.29, 1.82) is 0 Å². The molecule has 2 unspecified atom stereocenters. The largest absolute Gasteiger partial charge is 0.394 e. The van der Waals surface area contributed by atoms with Crippen LogP contribution in [0.5, 0.6) is 0 Å². The van der Waals surface area contributed by atoms with Gasteiger partial charge in [0, 0.05) is 11.9 Å². The van der Waals surface area contributed by atoms with Crippen LogP contribution in [0.2, 0.25) is 0 Å². The maximum atomic E-state index is 12.6. The van der Waals surface area contributed by atoms with Gasteiger partial charge in [0.05, 0.1) is 24.3 Å². The van der Waals surface area contributed by atoms with Crippen LogP contribution in [0.25, 0.3) is 10.9 Å². The number of rotatable bonds is 6. The lowest BCUT2D eigenvalue weighted by Gasteiger charge is -2.21. The smallest absolute Gasteiger partial charge is 0.272 e. The molecule has 1 saturated carbocycles. The Labute approximate surface area is 147 Å². The molecule has 1 amide bonds. The number of carbonyl (C=O) groups excluding carboxylic acids is 1. The van der Waals surface area contributed by atoms with Crippen molar-refractivity contribution in [1.82, 2.24) is 15.1 Å². The van der Waals surface area contributed by atoms with Crippen molar-refractivity contribution >= 4 is 16.8 Å². The fourth-order valence-electron chi connectivity index (χ4n) is 3.60. The van der Waals surface area contributed by atoms with Crippen LogP contribution in [0.3, 0.4) is 0 Å². The Balaban J connectivity index is 1.86. The number of aliphatic hydroxyl groups excluding tert-OH is 2. The summed E-state index contributed by atoms with van der Waals surface area (Å²) in [6.07, 6.45) is 5.44. The highest BCUT2D eigenvalue weighted by molar-refractivity contribution is 6.05. The number of hydrogen-bond donors (Lipinski definition) is 3. The number of para-hydroxylation sites is 1. The number of aliphatic hydroxyl groups is 2. The Morgan fingerprint density at radius 3 is 2.72 bits per heavy atom. The highest BCUT2D eigenvalue weighted by atomic mass is 16.3. The molecule has 3 rings (SSSR count). The van der Waals surface area contributed by atoms with Crippen LogP contribution in [-0.2, 0) is 6.54 Å². The summed E-state index contributed by atoms with van der Waals surface area (Å²) in [7, 11) is 0. The van der Waals surface area contributed by atoms with Gasteiger partial charge >= 0.3 is 0 Å². The minimum Gasteiger partial charge on any atom is -0.394 e. The maximum absolute atomic E-state index is 12.6. The molecule has 1 fully saturated rings. The van der Waals surface area contributed by atoms with Gasteiger partial charge in [-0.15, -0.1) is 0 Å². The van der Waals surface area contributed by atoms with Gasteiger partial charge in [0.1, 0.15) is 0 Å². The van der Waals surface area contributed by atoms with Crippen molar-refractivity contribution in [2.45, 2.75) is 57.7 Å². The first-order valence-electron chi connectivity index (χ1n) is 9.15. The highest BCUT2D eigenvalue weighted by Gasteiger charge is 2.23. The van der Waals surface area contributed by atoms with Crippen LogP contribution in [-0.4, -0.2) is 44.7 Å². The minimum absolute atomic E-state index is 0.315. The number of hydrogen-bond acceptors (Lipinski definition) is 4. The van der Waals surface area contributed by atoms with Gasteiger partial charge < -0.3 is 15.5 Å². The van der Waals surface area contributed by atoms with Gasteiger partial charge in [-0.2, -0.15) is 5.10 Å². The van der Waals surface area contributed by atoms with E-state index in [-0.39, 0.29) is 12.5 Å². The van der Waals surface area contributed by atoms with Crippen LogP contribution in [0.1, 0.15) is 49.5 Å². The molecule has 1 aromatic heterocycles. The van der Waals surface area contributed by atoms with E-state index in [4.69, 9.17) is 0 Å². The lowest BCUT2D eigenvalue weighted by Crippen LogP contribution is -2.44. The fourth-order valence-corrected chi connectivity index (χ4v) is 3.60. The zero-order valence-corrected chi connectivity index (χ0v) is 14.7. The van der Waals surface area contributed by atoms with E-state index in [1.165, 1.54) is 32.1 Å². The SMILES string of the molecule is CC(O)C(CO)NC(=O)c1nn(CC2CCCCC2)c2ccccc12. The second kappa shape index (κ2) is 7.97. The van der Waals surface area contributed by atoms with E-state index in [1.807, 2.05) is 28.9 Å². The van der Waals surface area contributed by atoms with Crippen LogP contribution in [0.15, 0.2) is 24.3 Å². The van der Waals surface area contributed by atoms with Crippen molar-refractivity contribution in [2.24, 2.45) is 5.92 Å². The van der Waals surface area contributed by atoms with Crippen molar-refractivity contribution < 1.29 is 15.0 Å². The summed E-state index contributed by atoms with van der Waals surface area (Å²) in [5.41, 5.74) is 1.31.